The van der Waals surface area contributed by atoms with E-state index in [-0.39, 0.29) is 5.56 Å². The summed E-state index contributed by atoms with van der Waals surface area (Å²) in [6, 6.07) is 6.29. The van der Waals surface area contributed by atoms with Crippen LogP contribution >= 0.6 is 0 Å². The van der Waals surface area contributed by atoms with Crippen molar-refractivity contribution in [3.8, 4) is 0 Å². The maximum absolute atomic E-state index is 12.4. The van der Waals surface area contributed by atoms with Crippen molar-refractivity contribution in [1.82, 2.24) is 15.5 Å². The Morgan fingerprint density at radius 1 is 1.29 bits per heavy atom. The highest BCUT2D eigenvalue weighted by Crippen LogP contribution is 2.19. The van der Waals surface area contributed by atoms with E-state index in [1.165, 1.54) is 18.5 Å². The van der Waals surface area contributed by atoms with E-state index in [1.54, 1.807) is 12.1 Å². The van der Waals surface area contributed by atoms with Crippen LogP contribution in [0.4, 0.5) is 8.78 Å². The van der Waals surface area contributed by atoms with Crippen LogP contribution in [0.15, 0.2) is 35.2 Å². The van der Waals surface area contributed by atoms with Crippen LogP contribution in [0.1, 0.15) is 23.4 Å². The molecule has 1 N–H and O–H groups in total. The third-order valence-electron chi connectivity index (χ3n) is 2.22. The summed E-state index contributed by atoms with van der Waals surface area (Å²) >= 11 is 0. The molecule has 0 unspecified atom stereocenters. The summed E-state index contributed by atoms with van der Waals surface area (Å²) in [6.07, 6.45) is -1.19. The first kappa shape index (κ1) is 11.7. The van der Waals surface area contributed by atoms with Gasteiger partial charge in [0, 0.05) is 12.1 Å². The van der Waals surface area contributed by atoms with Crippen LogP contribution in [0, 0.1) is 0 Å². The molecule has 0 saturated carbocycles. The van der Waals surface area contributed by atoms with E-state index in [9.17, 15) is 8.78 Å². The van der Waals surface area contributed by atoms with Gasteiger partial charge >= 0.3 is 0 Å². The molecule has 0 aliphatic carbocycles. The topological polar surface area (TPSA) is 51.0 Å². The molecule has 90 valence electrons. The summed E-state index contributed by atoms with van der Waals surface area (Å²) in [4.78, 5) is 3.83. The first-order valence-electron chi connectivity index (χ1n) is 5.08. The zero-order valence-corrected chi connectivity index (χ0v) is 8.94. The van der Waals surface area contributed by atoms with Crippen molar-refractivity contribution in [3.63, 3.8) is 0 Å². The lowest BCUT2D eigenvalue weighted by atomic mass is 10.1. The molecule has 0 amide bonds. The molecule has 0 bridgehead atoms. The van der Waals surface area contributed by atoms with Crippen LogP contribution in [0.5, 0.6) is 0 Å². The van der Waals surface area contributed by atoms with E-state index >= 15 is 0 Å². The van der Waals surface area contributed by atoms with Gasteiger partial charge in [-0.2, -0.15) is 4.98 Å². The number of rotatable bonds is 5. The molecule has 0 fully saturated rings. The molecule has 0 atom stereocenters. The van der Waals surface area contributed by atoms with Gasteiger partial charge in [0.15, 0.2) is 5.82 Å². The molecule has 0 aliphatic rings. The van der Waals surface area contributed by atoms with Crippen molar-refractivity contribution in [2.24, 2.45) is 0 Å². The molecule has 1 heterocycles. The molecule has 2 aromatic rings. The number of nitrogens with one attached hydrogen (secondary N) is 1. The molecule has 4 nitrogen and oxygen atoms in total. The zero-order valence-electron chi connectivity index (χ0n) is 8.94. The maximum Gasteiger partial charge on any atom is 0.263 e. The van der Waals surface area contributed by atoms with Gasteiger partial charge in [0.25, 0.3) is 6.43 Å². The fourth-order valence-corrected chi connectivity index (χ4v) is 1.43. The van der Waals surface area contributed by atoms with Gasteiger partial charge in [0.2, 0.25) is 6.39 Å². The summed E-state index contributed by atoms with van der Waals surface area (Å²) in [5.74, 6) is 0.537. The van der Waals surface area contributed by atoms with Gasteiger partial charge in [-0.25, -0.2) is 8.78 Å². The van der Waals surface area contributed by atoms with E-state index < -0.39 is 6.43 Å². The molecule has 0 radical (unpaired) electrons. The number of nitrogens with zero attached hydrogens (tertiary/aromatic N) is 2. The average Bonchev–Trinajstić information content (AvgIpc) is 2.82. The Labute approximate surface area is 96.6 Å². The Bertz CT molecular complexity index is 459. The highest BCUT2D eigenvalue weighted by Gasteiger charge is 2.06. The number of hydrogen-bond acceptors (Lipinski definition) is 4. The van der Waals surface area contributed by atoms with Crippen molar-refractivity contribution in [2.45, 2.75) is 19.5 Å². The van der Waals surface area contributed by atoms with Crippen LogP contribution in [0.25, 0.3) is 0 Å². The number of benzene rings is 1. The second kappa shape index (κ2) is 5.49. The SMILES string of the molecule is FC(F)c1cccc(CNCc2ncon2)c1. The van der Waals surface area contributed by atoms with Crippen molar-refractivity contribution < 1.29 is 13.3 Å². The summed E-state index contributed by atoms with van der Waals surface area (Å²) in [6.45, 7) is 0.921. The quantitative estimate of drug-likeness (QED) is 0.869. The second-order valence-electron chi connectivity index (χ2n) is 3.50. The number of halogens is 2. The molecule has 2 rings (SSSR count). The standard InChI is InChI=1S/C11H11F2N3O/c12-11(13)9-3-1-2-8(4-9)5-14-6-10-15-7-17-16-10/h1-4,7,11,14H,5-6H2. The van der Waals surface area contributed by atoms with E-state index in [1.807, 2.05) is 0 Å². The van der Waals surface area contributed by atoms with Crippen LogP contribution in [-0.2, 0) is 13.1 Å². The lowest BCUT2D eigenvalue weighted by Crippen LogP contribution is -2.13. The predicted octanol–water partition coefficient (Wildman–Crippen LogP) is 2.30. The Hall–Kier alpha value is -1.82. The summed E-state index contributed by atoms with van der Waals surface area (Å²) in [7, 11) is 0. The molecule has 0 spiro atoms. The third kappa shape index (κ3) is 3.32. The van der Waals surface area contributed by atoms with Gasteiger partial charge in [-0.15, -0.1) is 0 Å². The second-order valence-corrected chi connectivity index (χ2v) is 3.50. The Morgan fingerprint density at radius 2 is 2.18 bits per heavy atom. The monoisotopic (exact) mass is 239 g/mol. The normalized spacial score (nSPS) is 11.0. The lowest BCUT2D eigenvalue weighted by Gasteiger charge is -2.05. The fourth-order valence-electron chi connectivity index (χ4n) is 1.43. The summed E-state index contributed by atoms with van der Waals surface area (Å²) in [5, 5.41) is 6.66. The van der Waals surface area contributed by atoms with Gasteiger partial charge < -0.3 is 9.84 Å². The average molecular weight is 239 g/mol. The molecule has 1 aromatic carbocycles. The molecule has 0 aliphatic heterocycles. The lowest BCUT2D eigenvalue weighted by molar-refractivity contribution is 0.151. The minimum absolute atomic E-state index is 0.0314. The van der Waals surface area contributed by atoms with Crippen molar-refractivity contribution in [1.29, 1.82) is 0 Å². The smallest absolute Gasteiger partial charge is 0.263 e. The van der Waals surface area contributed by atoms with E-state index in [4.69, 9.17) is 0 Å². The van der Waals surface area contributed by atoms with Crippen LogP contribution in [0.3, 0.4) is 0 Å². The molecular formula is C11H11F2N3O. The van der Waals surface area contributed by atoms with Crippen LogP contribution < -0.4 is 5.32 Å². The Balaban J connectivity index is 1.88. The molecule has 1 aromatic heterocycles. The van der Waals surface area contributed by atoms with E-state index in [0.717, 1.165) is 5.56 Å². The molecule has 6 heteroatoms. The van der Waals surface area contributed by atoms with Gasteiger partial charge in [0.1, 0.15) is 0 Å². The number of aromatic nitrogens is 2. The molecular weight excluding hydrogens is 228 g/mol. The predicted molar refractivity (Wildman–Crippen MR) is 56.2 cm³/mol. The molecule has 17 heavy (non-hydrogen) atoms. The Morgan fingerprint density at radius 3 is 2.88 bits per heavy atom. The van der Waals surface area contributed by atoms with Gasteiger partial charge in [-0.3, -0.25) is 0 Å². The van der Waals surface area contributed by atoms with Crippen molar-refractivity contribution in [3.05, 3.63) is 47.6 Å². The first-order valence-corrected chi connectivity index (χ1v) is 5.08. The highest BCUT2D eigenvalue weighted by molar-refractivity contribution is 5.24. The largest absolute Gasteiger partial charge is 0.343 e. The minimum Gasteiger partial charge on any atom is -0.343 e. The number of hydrogen-bond donors (Lipinski definition) is 1. The number of alkyl halides is 2. The van der Waals surface area contributed by atoms with Gasteiger partial charge in [-0.1, -0.05) is 23.4 Å². The maximum atomic E-state index is 12.4. The Kier molecular flexibility index (Phi) is 3.77. The highest BCUT2D eigenvalue weighted by atomic mass is 19.3. The van der Waals surface area contributed by atoms with E-state index in [0.29, 0.717) is 18.9 Å². The minimum atomic E-state index is -2.44. The van der Waals surface area contributed by atoms with Crippen molar-refractivity contribution in [2.75, 3.05) is 0 Å². The third-order valence-corrected chi connectivity index (χ3v) is 2.22. The molecule has 0 saturated heterocycles. The van der Waals surface area contributed by atoms with E-state index in [2.05, 4.69) is 20.0 Å². The summed E-state index contributed by atoms with van der Waals surface area (Å²) < 4.78 is 29.4. The van der Waals surface area contributed by atoms with Crippen LogP contribution in [-0.4, -0.2) is 10.1 Å². The fraction of sp³-hybridized carbons (Fsp3) is 0.273. The van der Waals surface area contributed by atoms with Gasteiger partial charge in [-0.05, 0) is 11.6 Å². The zero-order chi connectivity index (χ0) is 12.1. The van der Waals surface area contributed by atoms with Gasteiger partial charge in [0.05, 0.1) is 6.54 Å². The van der Waals surface area contributed by atoms with Crippen LogP contribution in [0.2, 0.25) is 0 Å². The first-order chi connectivity index (χ1) is 8.25. The van der Waals surface area contributed by atoms with Crippen molar-refractivity contribution >= 4 is 0 Å². The summed E-state index contributed by atoms with van der Waals surface area (Å²) in [5.41, 5.74) is 0.829.